The van der Waals surface area contributed by atoms with Crippen molar-refractivity contribution >= 4 is 40.8 Å². The molecule has 0 saturated carbocycles. The lowest BCUT2D eigenvalue weighted by Crippen LogP contribution is -2.01. The van der Waals surface area contributed by atoms with Gasteiger partial charge in [-0.1, -0.05) is 41.4 Å². The van der Waals surface area contributed by atoms with Gasteiger partial charge in [-0.05, 0) is 42.8 Å². The summed E-state index contributed by atoms with van der Waals surface area (Å²) in [5.41, 5.74) is 1.09. The lowest BCUT2D eigenvalue weighted by atomic mass is 10.0. The minimum atomic E-state index is -1.07. The maximum absolute atomic E-state index is 11.6. The highest BCUT2D eigenvalue weighted by Gasteiger charge is 2.13. The minimum absolute atomic E-state index is 0.0940. The van der Waals surface area contributed by atoms with Crippen LogP contribution in [0.5, 0.6) is 5.75 Å². The average molecular weight is 337 g/mol. The normalized spacial score (nSPS) is 11.3. The number of hydrogen-bond donors (Lipinski definition) is 1. The monoisotopic (exact) mass is 336 g/mol. The van der Waals surface area contributed by atoms with Gasteiger partial charge in [0.05, 0.1) is 12.2 Å². The lowest BCUT2D eigenvalue weighted by molar-refractivity contribution is -0.130. The summed E-state index contributed by atoms with van der Waals surface area (Å²) in [6, 6.07) is 11.9. The van der Waals surface area contributed by atoms with Crippen LogP contribution >= 0.6 is 23.2 Å². The molecule has 3 nitrogen and oxygen atoms in total. The van der Waals surface area contributed by atoms with Crippen LogP contribution in [0.25, 0.3) is 11.6 Å². The third-order valence-corrected chi connectivity index (χ3v) is 3.63. The van der Waals surface area contributed by atoms with Gasteiger partial charge in [0.2, 0.25) is 0 Å². The third-order valence-electron chi connectivity index (χ3n) is 2.97. The molecule has 0 radical (unpaired) electrons. The number of rotatable bonds is 5. The number of benzene rings is 2. The van der Waals surface area contributed by atoms with Gasteiger partial charge in [-0.3, -0.25) is 0 Å². The Morgan fingerprint density at radius 2 is 1.82 bits per heavy atom. The van der Waals surface area contributed by atoms with Crippen LogP contribution in [0.4, 0.5) is 0 Å². The van der Waals surface area contributed by atoms with Crippen molar-refractivity contribution in [3.05, 3.63) is 63.6 Å². The van der Waals surface area contributed by atoms with Crippen molar-refractivity contribution in [1.82, 2.24) is 0 Å². The summed E-state index contributed by atoms with van der Waals surface area (Å²) >= 11 is 12.2. The van der Waals surface area contributed by atoms with Gasteiger partial charge < -0.3 is 9.84 Å². The van der Waals surface area contributed by atoms with Gasteiger partial charge in [0.1, 0.15) is 5.75 Å². The van der Waals surface area contributed by atoms with Crippen LogP contribution in [-0.2, 0) is 4.79 Å². The zero-order valence-corrected chi connectivity index (χ0v) is 13.4. The van der Waals surface area contributed by atoms with Crippen LogP contribution < -0.4 is 4.74 Å². The van der Waals surface area contributed by atoms with Gasteiger partial charge in [0.25, 0.3) is 0 Å². The summed E-state index contributed by atoms with van der Waals surface area (Å²) in [4.78, 5) is 11.6. The molecule has 0 unspecified atom stereocenters. The third kappa shape index (κ3) is 3.81. The van der Waals surface area contributed by atoms with Gasteiger partial charge in [-0.15, -0.1) is 0 Å². The first-order chi connectivity index (χ1) is 10.5. The van der Waals surface area contributed by atoms with Gasteiger partial charge in [0.15, 0.2) is 0 Å². The Hall–Kier alpha value is -1.97. The fourth-order valence-corrected chi connectivity index (χ4v) is 2.49. The number of carbonyl (C=O) groups is 1. The van der Waals surface area contributed by atoms with Crippen molar-refractivity contribution in [2.45, 2.75) is 6.92 Å². The summed E-state index contributed by atoms with van der Waals surface area (Å²) in [6.07, 6.45) is 1.47. The fraction of sp³-hybridized carbons (Fsp3) is 0.118. The number of carboxylic acids is 1. The Balaban J connectivity index is 2.53. The van der Waals surface area contributed by atoms with E-state index in [1.54, 1.807) is 42.5 Å². The van der Waals surface area contributed by atoms with E-state index in [9.17, 15) is 9.90 Å². The second kappa shape index (κ2) is 7.34. The van der Waals surface area contributed by atoms with Crippen LogP contribution in [0, 0.1) is 0 Å². The van der Waals surface area contributed by atoms with Gasteiger partial charge >= 0.3 is 5.97 Å². The van der Waals surface area contributed by atoms with Crippen molar-refractivity contribution in [3.63, 3.8) is 0 Å². The molecule has 0 aliphatic heterocycles. The molecular weight excluding hydrogens is 323 g/mol. The molecule has 0 atom stereocenters. The van der Waals surface area contributed by atoms with Crippen LogP contribution in [0.2, 0.25) is 10.0 Å². The van der Waals surface area contributed by atoms with E-state index < -0.39 is 5.97 Å². The zero-order valence-electron chi connectivity index (χ0n) is 11.8. The van der Waals surface area contributed by atoms with E-state index in [4.69, 9.17) is 27.9 Å². The molecule has 0 spiro atoms. The van der Waals surface area contributed by atoms with Crippen LogP contribution in [0.15, 0.2) is 42.5 Å². The zero-order chi connectivity index (χ0) is 16.1. The van der Waals surface area contributed by atoms with E-state index in [1.807, 2.05) is 6.92 Å². The second-order valence-electron chi connectivity index (χ2n) is 4.46. The van der Waals surface area contributed by atoms with E-state index >= 15 is 0 Å². The minimum Gasteiger partial charge on any atom is -0.494 e. The molecule has 0 aliphatic rings. The van der Waals surface area contributed by atoms with E-state index in [2.05, 4.69) is 0 Å². The second-order valence-corrected chi connectivity index (χ2v) is 5.27. The number of halogens is 2. The molecule has 0 amide bonds. The predicted molar refractivity (Wildman–Crippen MR) is 89.6 cm³/mol. The first-order valence-electron chi connectivity index (χ1n) is 6.65. The summed E-state index contributed by atoms with van der Waals surface area (Å²) in [6.45, 7) is 2.37. The van der Waals surface area contributed by atoms with Crippen LogP contribution in [-0.4, -0.2) is 17.7 Å². The predicted octanol–water partition coefficient (Wildman–Crippen LogP) is 5.02. The Labute approximate surface area is 138 Å². The van der Waals surface area contributed by atoms with E-state index in [1.165, 1.54) is 6.08 Å². The molecule has 0 heterocycles. The SMILES string of the molecule is CCOc1cccc(/C(=C/c2c(Cl)cccc2Cl)C(=O)O)c1. The quantitative estimate of drug-likeness (QED) is 0.616. The molecule has 5 heteroatoms. The maximum atomic E-state index is 11.6. The lowest BCUT2D eigenvalue weighted by Gasteiger charge is -2.08. The number of aliphatic carboxylic acids is 1. The fourth-order valence-electron chi connectivity index (χ4n) is 1.98. The summed E-state index contributed by atoms with van der Waals surface area (Å²) < 4.78 is 5.40. The Bertz CT molecular complexity index is 703. The smallest absolute Gasteiger partial charge is 0.336 e. The van der Waals surface area contributed by atoms with Gasteiger partial charge in [-0.2, -0.15) is 0 Å². The van der Waals surface area contributed by atoms with Crippen molar-refractivity contribution < 1.29 is 14.6 Å². The molecule has 2 aromatic rings. The molecule has 0 fully saturated rings. The summed E-state index contributed by atoms with van der Waals surface area (Å²) in [5.74, 6) is -0.456. The highest BCUT2D eigenvalue weighted by atomic mass is 35.5. The molecular formula is C17H14Cl2O3. The number of hydrogen-bond acceptors (Lipinski definition) is 2. The molecule has 2 rings (SSSR count). The molecule has 0 aromatic heterocycles. The first kappa shape index (κ1) is 16.4. The largest absolute Gasteiger partial charge is 0.494 e. The van der Waals surface area contributed by atoms with Crippen molar-refractivity contribution in [2.24, 2.45) is 0 Å². The standard InChI is InChI=1S/C17H14Cl2O3/c1-2-22-12-6-3-5-11(9-12)13(17(20)21)10-14-15(18)7-4-8-16(14)19/h3-10H,2H2,1H3,(H,20,21)/b13-10-. The molecule has 22 heavy (non-hydrogen) atoms. The number of ether oxygens (including phenoxy) is 1. The highest BCUT2D eigenvalue weighted by Crippen LogP contribution is 2.30. The molecule has 114 valence electrons. The topological polar surface area (TPSA) is 46.5 Å². The van der Waals surface area contributed by atoms with E-state index in [0.717, 1.165) is 0 Å². The highest BCUT2D eigenvalue weighted by molar-refractivity contribution is 6.38. The van der Waals surface area contributed by atoms with Crippen molar-refractivity contribution in [2.75, 3.05) is 6.61 Å². The Morgan fingerprint density at radius 3 is 2.41 bits per heavy atom. The Kier molecular flexibility index (Phi) is 5.47. The van der Waals surface area contributed by atoms with Gasteiger partial charge in [-0.25, -0.2) is 4.79 Å². The van der Waals surface area contributed by atoms with Gasteiger partial charge in [0, 0.05) is 15.6 Å². The Morgan fingerprint density at radius 1 is 1.18 bits per heavy atom. The van der Waals surface area contributed by atoms with Crippen molar-refractivity contribution in [3.8, 4) is 5.75 Å². The van der Waals surface area contributed by atoms with E-state index in [0.29, 0.717) is 33.5 Å². The van der Waals surface area contributed by atoms with Crippen molar-refractivity contribution in [1.29, 1.82) is 0 Å². The first-order valence-corrected chi connectivity index (χ1v) is 7.40. The molecule has 0 saturated heterocycles. The van der Waals surface area contributed by atoms with Crippen LogP contribution in [0.3, 0.4) is 0 Å². The average Bonchev–Trinajstić information content (AvgIpc) is 2.47. The molecule has 2 aromatic carbocycles. The van der Waals surface area contributed by atoms with E-state index in [-0.39, 0.29) is 5.57 Å². The molecule has 0 aliphatic carbocycles. The number of carboxylic acid groups (broad SMARTS) is 1. The maximum Gasteiger partial charge on any atom is 0.336 e. The van der Waals surface area contributed by atoms with Crippen LogP contribution in [0.1, 0.15) is 18.1 Å². The molecule has 1 N–H and O–H groups in total. The summed E-state index contributed by atoms with van der Waals surface area (Å²) in [7, 11) is 0. The summed E-state index contributed by atoms with van der Waals surface area (Å²) in [5, 5.41) is 10.3. The molecule has 0 bridgehead atoms.